The van der Waals surface area contributed by atoms with Crippen molar-refractivity contribution in [3.05, 3.63) is 0 Å². The number of amides is 1. The molecule has 8 heteroatoms. The van der Waals surface area contributed by atoms with Crippen LogP contribution in [0.15, 0.2) is 5.16 Å². The number of rotatable bonds is 3. The van der Waals surface area contributed by atoms with E-state index in [-0.39, 0.29) is 10.3 Å². The van der Waals surface area contributed by atoms with Crippen molar-refractivity contribution >= 4 is 35.7 Å². The summed E-state index contributed by atoms with van der Waals surface area (Å²) in [6, 6.07) is 0. The van der Waals surface area contributed by atoms with Gasteiger partial charge in [-0.05, 0) is 20.1 Å². The molecule has 6 nitrogen and oxygen atoms in total. The normalized spacial score (nSPS) is 19.5. The molecule has 1 aliphatic rings. The maximum atomic E-state index is 10.5. The van der Waals surface area contributed by atoms with Crippen LogP contribution in [0.3, 0.4) is 0 Å². The smallest absolute Gasteiger partial charge is 0.360 e. The van der Waals surface area contributed by atoms with E-state index >= 15 is 0 Å². The number of ether oxygens (including phenoxy) is 1. The summed E-state index contributed by atoms with van der Waals surface area (Å²) in [5.41, 5.74) is -0.103. The third-order valence-corrected chi connectivity index (χ3v) is 3.55. The lowest BCUT2D eigenvalue weighted by Crippen LogP contribution is -2.35. The predicted octanol–water partition coefficient (Wildman–Crippen LogP) is 1.64. The van der Waals surface area contributed by atoms with E-state index in [1.807, 2.05) is 20.1 Å². The van der Waals surface area contributed by atoms with Crippen LogP contribution in [0.4, 0.5) is 4.79 Å². The molecule has 0 aromatic heterocycles. The zero-order valence-corrected chi connectivity index (χ0v) is 13.3. The van der Waals surface area contributed by atoms with Gasteiger partial charge < -0.3 is 15.4 Å². The minimum Gasteiger partial charge on any atom is -0.360 e. The summed E-state index contributed by atoms with van der Waals surface area (Å²) in [6.45, 7) is 6.42. The highest BCUT2D eigenvalue weighted by molar-refractivity contribution is 8.00. The fourth-order valence-electron chi connectivity index (χ4n) is 0.833. The van der Waals surface area contributed by atoms with E-state index in [0.717, 1.165) is 19.7 Å². The number of hydrogen-bond acceptors (Lipinski definition) is 6. The molecule has 0 spiro atoms. The van der Waals surface area contributed by atoms with Gasteiger partial charge in [-0.15, -0.1) is 0 Å². The predicted molar refractivity (Wildman–Crippen MR) is 80.1 cm³/mol. The Labute approximate surface area is 123 Å². The minimum atomic E-state index is -0.553. The second-order valence-corrected chi connectivity index (χ2v) is 6.10. The number of morpholine rings is 1. The molecule has 1 aliphatic heterocycles. The van der Waals surface area contributed by atoms with E-state index < -0.39 is 6.09 Å². The van der Waals surface area contributed by atoms with Gasteiger partial charge in [0.1, 0.15) is 5.56 Å². The summed E-state index contributed by atoms with van der Waals surface area (Å²) < 4.78 is 4.88. The Morgan fingerprint density at radius 2 is 2.37 bits per heavy atom. The van der Waals surface area contributed by atoms with E-state index in [0.29, 0.717) is 0 Å². The fraction of sp³-hybridized carbons (Fsp3) is 0.818. The van der Waals surface area contributed by atoms with Crippen LogP contribution >= 0.6 is 23.4 Å². The molecular weight excluding hydrogens is 290 g/mol. The van der Waals surface area contributed by atoms with Gasteiger partial charge in [0, 0.05) is 24.9 Å². The molecule has 1 atom stereocenters. The van der Waals surface area contributed by atoms with E-state index in [1.165, 1.54) is 7.05 Å². The van der Waals surface area contributed by atoms with Gasteiger partial charge >= 0.3 is 6.09 Å². The maximum absolute atomic E-state index is 10.5. The van der Waals surface area contributed by atoms with Crippen molar-refractivity contribution in [1.82, 2.24) is 10.6 Å². The Bertz CT molecular complexity index is 284. The van der Waals surface area contributed by atoms with Gasteiger partial charge in [0.15, 0.2) is 0 Å². The van der Waals surface area contributed by atoms with Crippen LogP contribution in [0.2, 0.25) is 0 Å². The van der Waals surface area contributed by atoms with Crippen molar-refractivity contribution in [1.29, 1.82) is 0 Å². The van der Waals surface area contributed by atoms with Crippen LogP contribution in [0.1, 0.15) is 13.8 Å². The Morgan fingerprint density at radius 1 is 1.68 bits per heavy atom. The number of thioether (sulfide) groups is 1. The van der Waals surface area contributed by atoms with Gasteiger partial charge in [-0.3, -0.25) is 4.84 Å². The van der Waals surface area contributed by atoms with Crippen molar-refractivity contribution in [2.45, 2.75) is 24.2 Å². The van der Waals surface area contributed by atoms with Crippen molar-refractivity contribution in [3.63, 3.8) is 0 Å². The molecule has 1 unspecified atom stereocenters. The second-order valence-electron chi connectivity index (χ2n) is 4.16. The molecule has 1 heterocycles. The molecule has 0 bridgehead atoms. The standard InChI is InChI=1S/C7H14N2O2S.C4H8ClNO/c1-7(2,12-4)5-9-11-6(10)8-3;5-4-3-6-1-2-7-4/h5H,1-4H3,(H,8,10);4,6H,1-3H2/b9-5+;. The van der Waals surface area contributed by atoms with Gasteiger partial charge in [-0.1, -0.05) is 16.8 Å². The largest absolute Gasteiger partial charge is 0.433 e. The van der Waals surface area contributed by atoms with E-state index in [1.54, 1.807) is 18.0 Å². The van der Waals surface area contributed by atoms with E-state index in [4.69, 9.17) is 16.3 Å². The number of oxime groups is 1. The van der Waals surface area contributed by atoms with Crippen LogP contribution in [0.5, 0.6) is 0 Å². The van der Waals surface area contributed by atoms with Crippen LogP contribution in [-0.4, -0.2) is 55.6 Å². The number of carbonyl (C=O) groups is 1. The highest BCUT2D eigenvalue weighted by Gasteiger charge is 2.12. The fourth-order valence-corrected chi connectivity index (χ4v) is 1.18. The number of nitrogens with one attached hydrogen (secondary N) is 2. The Hall–Kier alpha value is -0.500. The highest BCUT2D eigenvalue weighted by Crippen LogP contribution is 2.17. The first-order valence-electron chi connectivity index (χ1n) is 5.86. The molecule has 0 radical (unpaired) electrons. The summed E-state index contributed by atoms with van der Waals surface area (Å²) in [4.78, 5) is 15.0. The Kier molecular flexibility index (Phi) is 10.0. The summed E-state index contributed by atoms with van der Waals surface area (Å²) in [6.07, 6.45) is 3.00. The van der Waals surface area contributed by atoms with Crippen molar-refractivity contribution in [2.75, 3.05) is 33.0 Å². The third kappa shape index (κ3) is 11.1. The lowest BCUT2D eigenvalue weighted by Gasteiger charge is -2.17. The molecule has 1 rings (SSSR count). The lowest BCUT2D eigenvalue weighted by atomic mass is 10.2. The molecular formula is C11H22ClN3O3S. The van der Waals surface area contributed by atoms with Gasteiger partial charge in [-0.25, -0.2) is 4.79 Å². The number of carbonyl (C=O) groups excluding carboxylic acids is 1. The van der Waals surface area contributed by atoms with Crippen LogP contribution < -0.4 is 10.6 Å². The van der Waals surface area contributed by atoms with E-state index in [9.17, 15) is 4.79 Å². The van der Waals surface area contributed by atoms with Gasteiger partial charge in [0.2, 0.25) is 0 Å². The van der Waals surface area contributed by atoms with Crippen molar-refractivity contribution < 1.29 is 14.4 Å². The SMILES string of the molecule is CNC(=O)O/N=C/C(C)(C)SC.ClC1CNCCO1. The molecule has 1 fully saturated rings. The Balaban J connectivity index is 0.000000388. The zero-order valence-electron chi connectivity index (χ0n) is 11.7. The molecule has 0 aliphatic carbocycles. The molecule has 0 aromatic carbocycles. The van der Waals surface area contributed by atoms with Crippen molar-refractivity contribution in [2.24, 2.45) is 5.16 Å². The van der Waals surface area contributed by atoms with Crippen LogP contribution in [0, 0.1) is 0 Å². The lowest BCUT2D eigenvalue weighted by molar-refractivity contribution is 0.0804. The van der Waals surface area contributed by atoms with Gasteiger partial charge in [0.05, 0.1) is 12.8 Å². The van der Waals surface area contributed by atoms with Gasteiger partial charge in [0.25, 0.3) is 0 Å². The number of hydrogen-bond donors (Lipinski definition) is 2. The molecule has 2 N–H and O–H groups in total. The summed E-state index contributed by atoms with van der Waals surface area (Å²) in [7, 11) is 1.48. The van der Waals surface area contributed by atoms with Crippen molar-refractivity contribution in [3.8, 4) is 0 Å². The molecule has 0 saturated carbocycles. The average Bonchev–Trinajstić information content (AvgIpc) is 2.40. The third-order valence-electron chi connectivity index (χ3n) is 2.11. The number of nitrogens with zero attached hydrogens (tertiary/aromatic N) is 1. The van der Waals surface area contributed by atoms with Crippen LogP contribution in [0.25, 0.3) is 0 Å². The first kappa shape index (κ1) is 18.5. The topological polar surface area (TPSA) is 72.0 Å². The zero-order chi connectivity index (χ0) is 14.7. The summed E-state index contributed by atoms with van der Waals surface area (Å²) in [5, 5.41) is 8.89. The molecule has 1 amide bonds. The molecule has 1 saturated heterocycles. The quantitative estimate of drug-likeness (QED) is 0.359. The van der Waals surface area contributed by atoms with Gasteiger partial charge in [-0.2, -0.15) is 11.8 Å². The molecule has 112 valence electrons. The van der Waals surface area contributed by atoms with Crippen LogP contribution in [-0.2, 0) is 9.57 Å². The maximum Gasteiger partial charge on any atom is 0.433 e. The summed E-state index contributed by atoms with van der Waals surface area (Å²) in [5.74, 6) is 0. The first-order valence-corrected chi connectivity index (χ1v) is 7.52. The highest BCUT2D eigenvalue weighted by atomic mass is 35.5. The first-order chi connectivity index (χ1) is 8.91. The number of halogens is 1. The monoisotopic (exact) mass is 311 g/mol. The molecule has 0 aromatic rings. The van der Waals surface area contributed by atoms with E-state index in [2.05, 4.69) is 20.6 Å². The molecule has 19 heavy (non-hydrogen) atoms. The average molecular weight is 312 g/mol. The Morgan fingerprint density at radius 3 is 2.74 bits per heavy atom. The number of alkyl halides is 1. The minimum absolute atomic E-state index is 0.103. The second kappa shape index (κ2) is 10.3. The summed E-state index contributed by atoms with van der Waals surface area (Å²) >= 11 is 7.16.